The topological polar surface area (TPSA) is 52.6 Å². The molecule has 4 nitrogen and oxygen atoms in total. The third kappa shape index (κ3) is 3.47. The number of nitrogens with one attached hydrogen (secondary N) is 1. The fourth-order valence-corrected chi connectivity index (χ4v) is 2.51. The highest BCUT2D eigenvalue weighted by Gasteiger charge is 2.19. The first-order valence-electron chi connectivity index (χ1n) is 6.83. The lowest BCUT2D eigenvalue weighted by molar-refractivity contribution is 0.0764. The van der Waals surface area contributed by atoms with Crippen molar-refractivity contribution in [2.24, 2.45) is 5.92 Å². The van der Waals surface area contributed by atoms with E-state index in [1.807, 2.05) is 14.0 Å². The van der Waals surface area contributed by atoms with E-state index in [1.54, 1.807) is 23.1 Å². The molecule has 19 heavy (non-hydrogen) atoms. The molecule has 1 amide bonds. The van der Waals surface area contributed by atoms with Gasteiger partial charge in [0.15, 0.2) is 0 Å². The van der Waals surface area contributed by atoms with Crippen LogP contribution in [0.4, 0.5) is 0 Å². The largest absolute Gasteiger partial charge is 0.508 e. The molecule has 0 saturated carbocycles. The van der Waals surface area contributed by atoms with E-state index in [-0.39, 0.29) is 11.7 Å². The van der Waals surface area contributed by atoms with E-state index in [4.69, 9.17) is 0 Å². The first-order chi connectivity index (χ1) is 9.08. The number of carbonyl (C=O) groups is 1. The highest BCUT2D eigenvalue weighted by atomic mass is 16.3. The van der Waals surface area contributed by atoms with Gasteiger partial charge in [0.25, 0.3) is 5.91 Å². The Morgan fingerprint density at radius 1 is 1.53 bits per heavy atom. The standard InChI is InChI=1S/C15H22N2O2/c1-11-5-6-13(8-14(11)18)15(19)17(2)10-12-4-3-7-16-9-12/h5-6,8,12,16,18H,3-4,7,9-10H2,1-2H3. The van der Waals surface area contributed by atoms with Gasteiger partial charge in [0.05, 0.1) is 0 Å². The van der Waals surface area contributed by atoms with Crippen molar-refractivity contribution < 1.29 is 9.90 Å². The van der Waals surface area contributed by atoms with Crippen molar-refractivity contribution in [1.29, 1.82) is 0 Å². The molecular formula is C15H22N2O2. The summed E-state index contributed by atoms with van der Waals surface area (Å²) in [5.74, 6) is 0.682. The third-order valence-corrected chi connectivity index (χ3v) is 3.73. The highest BCUT2D eigenvalue weighted by molar-refractivity contribution is 5.94. The van der Waals surface area contributed by atoms with Crippen molar-refractivity contribution in [1.82, 2.24) is 10.2 Å². The molecule has 1 saturated heterocycles. The predicted octanol–water partition coefficient (Wildman–Crippen LogP) is 1.77. The second-order valence-electron chi connectivity index (χ2n) is 5.40. The van der Waals surface area contributed by atoms with Crippen LogP contribution in [0.3, 0.4) is 0 Å². The van der Waals surface area contributed by atoms with Crippen LogP contribution in [0.15, 0.2) is 18.2 Å². The Balaban J connectivity index is 1.99. The van der Waals surface area contributed by atoms with E-state index < -0.39 is 0 Å². The highest BCUT2D eigenvalue weighted by Crippen LogP contribution is 2.19. The lowest BCUT2D eigenvalue weighted by Gasteiger charge is -2.27. The summed E-state index contributed by atoms with van der Waals surface area (Å²) in [5.41, 5.74) is 1.34. The van der Waals surface area contributed by atoms with E-state index in [0.29, 0.717) is 11.5 Å². The van der Waals surface area contributed by atoms with Gasteiger partial charge in [-0.2, -0.15) is 0 Å². The summed E-state index contributed by atoms with van der Waals surface area (Å²) in [6, 6.07) is 5.10. The van der Waals surface area contributed by atoms with Crippen LogP contribution in [-0.4, -0.2) is 42.6 Å². The fraction of sp³-hybridized carbons (Fsp3) is 0.533. The van der Waals surface area contributed by atoms with Crippen LogP contribution in [0.1, 0.15) is 28.8 Å². The molecule has 0 bridgehead atoms. The Kier molecular flexibility index (Phi) is 4.43. The van der Waals surface area contributed by atoms with Crippen LogP contribution in [-0.2, 0) is 0 Å². The Morgan fingerprint density at radius 3 is 2.95 bits per heavy atom. The number of phenols is 1. The molecule has 2 N–H and O–H groups in total. The van der Waals surface area contributed by atoms with Gasteiger partial charge in [-0.25, -0.2) is 0 Å². The van der Waals surface area contributed by atoms with E-state index in [0.717, 1.165) is 25.2 Å². The molecule has 0 aliphatic carbocycles. The second-order valence-corrected chi connectivity index (χ2v) is 5.40. The zero-order chi connectivity index (χ0) is 13.8. The molecule has 1 unspecified atom stereocenters. The molecule has 0 aromatic heterocycles. The summed E-state index contributed by atoms with van der Waals surface area (Å²) in [4.78, 5) is 14.0. The van der Waals surface area contributed by atoms with E-state index in [1.165, 1.54) is 12.8 Å². The van der Waals surface area contributed by atoms with Gasteiger partial charge in [-0.15, -0.1) is 0 Å². The minimum Gasteiger partial charge on any atom is -0.508 e. The van der Waals surface area contributed by atoms with Gasteiger partial charge in [0.1, 0.15) is 5.75 Å². The Morgan fingerprint density at radius 2 is 2.32 bits per heavy atom. The van der Waals surface area contributed by atoms with Crippen LogP contribution in [0, 0.1) is 12.8 Å². The van der Waals surface area contributed by atoms with Crippen LogP contribution in [0.25, 0.3) is 0 Å². The van der Waals surface area contributed by atoms with Crippen molar-refractivity contribution in [3.63, 3.8) is 0 Å². The molecule has 0 spiro atoms. The minimum atomic E-state index is -0.0270. The molecule has 4 heteroatoms. The maximum atomic E-state index is 12.3. The van der Waals surface area contributed by atoms with Crippen LogP contribution in [0.2, 0.25) is 0 Å². The van der Waals surface area contributed by atoms with Gasteiger partial charge in [-0.3, -0.25) is 4.79 Å². The minimum absolute atomic E-state index is 0.0270. The predicted molar refractivity (Wildman–Crippen MR) is 75.4 cm³/mol. The molecule has 2 rings (SSSR count). The van der Waals surface area contributed by atoms with E-state index >= 15 is 0 Å². The van der Waals surface area contributed by atoms with Gasteiger partial charge in [0, 0.05) is 19.2 Å². The summed E-state index contributed by atoms with van der Waals surface area (Å²) < 4.78 is 0. The molecule has 0 radical (unpaired) electrons. The molecule has 1 atom stereocenters. The molecule has 1 heterocycles. The number of carbonyl (C=O) groups excluding carboxylic acids is 1. The number of piperidine rings is 1. The monoisotopic (exact) mass is 262 g/mol. The van der Waals surface area contributed by atoms with Gasteiger partial charge in [-0.1, -0.05) is 6.07 Å². The number of hydrogen-bond acceptors (Lipinski definition) is 3. The summed E-state index contributed by atoms with van der Waals surface area (Å²) in [7, 11) is 1.83. The molecule has 104 valence electrons. The fourth-order valence-electron chi connectivity index (χ4n) is 2.51. The van der Waals surface area contributed by atoms with Gasteiger partial charge < -0.3 is 15.3 Å². The van der Waals surface area contributed by atoms with Crippen LogP contribution in [0.5, 0.6) is 5.75 Å². The Hall–Kier alpha value is -1.55. The summed E-state index contributed by atoms with van der Waals surface area (Å²) in [5, 5.41) is 13.0. The molecular weight excluding hydrogens is 240 g/mol. The van der Waals surface area contributed by atoms with Crippen molar-refractivity contribution in [2.45, 2.75) is 19.8 Å². The Bertz CT molecular complexity index is 453. The average Bonchev–Trinajstić information content (AvgIpc) is 2.42. The van der Waals surface area contributed by atoms with Gasteiger partial charge in [-0.05, 0) is 56.5 Å². The lowest BCUT2D eigenvalue weighted by Crippen LogP contribution is -2.39. The Labute approximate surface area is 114 Å². The van der Waals surface area contributed by atoms with Crippen molar-refractivity contribution in [2.75, 3.05) is 26.7 Å². The van der Waals surface area contributed by atoms with E-state index in [2.05, 4.69) is 5.32 Å². The van der Waals surface area contributed by atoms with Crippen molar-refractivity contribution >= 4 is 5.91 Å². The van der Waals surface area contributed by atoms with E-state index in [9.17, 15) is 9.90 Å². The SMILES string of the molecule is Cc1ccc(C(=O)N(C)CC2CCCNC2)cc1O. The number of amides is 1. The van der Waals surface area contributed by atoms with Gasteiger partial charge >= 0.3 is 0 Å². The number of phenolic OH excluding ortho intramolecular Hbond substituents is 1. The van der Waals surface area contributed by atoms with Crippen LogP contribution >= 0.6 is 0 Å². The lowest BCUT2D eigenvalue weighted by atomic mass is 9.99. The number of aromatic hydroxyl groups is 1. The molecule has 1 aliphatic rings. The second kappa shape index (κ2) is 6.06. The molecule has 1 aromatic rings. The maximum absolute atomic E-state index is 12.3. The number of rotatable bonds is 3. The zero-order valence-corrected chi connectivity index (χ0v) is 11.6. The quantitative estimate of drug-likeness (QED) is 0.873. The van der Waals surface area contributed by atoms with Crippen molar-refractivity contribution in [3.05, 3.63) is 29.3 Å². The van der Waals surface area contributed by atoms with Gasteiger partial charge in [0.2, 0.25) is 0 Å². The summed E-state index contributed by atoms with van der Waals surface area (Å²) in [6.45, 7) is 4.65. The third-order valence-electron chi connectivity index (χ3n) is 3.73. The smallest absolute Gasteiger partial charge is 0.253 e. The zero-order valence-electron chi connectivity index (χ0n) is 11.6. The number of nitrogens with zero attached hydrogens (tertiary/aromatic N) is 1. The van der Waals surface area contributed by atoms with Crippen molar-refractivity contribution in [3.8, 4) is 5.75 Å². The van der Waals surface area contributed by atoms with Crippen LogP contribution < -0.4 is 5.32 Å². The average molecular weight is 262 g/mol. The normalized spacial score (nSPS) is 19.2. The molecule has 1 aromatic carbocycles. The number of aryl methyl sites for hydroxylation is 1. The molecule has 1 aliphatic heterocycles. The molecule has 1 fully saturated rings. The maximum Gasteiger partial charge on any atom is 0.253 e. The number of hydrogen-bond donors (Lipinski definition) is 2. The summed E-state index contributed by atoms with van der Waals surface area (Å²) in [6.07, 6.45) is 2.35. The first-order valence-corrected chi connectivity index (χ1v) is 6.83. The summed E-state index contributed by atoms with van der Waals surface area (Å²) >= 11 is 0. The number of benzene rings is 1. The first kappa shape index (κ1) is 13.9.